The first kappa shape index (κ1) is 16.5. The van der Waals surface area contributed by atoms with E-state index in [0.29, 0.717) is 6.54 Å². The van der Waals surface area contributed by atoms with Gasteiger partial charge in [0.05, 0.1) is 12.6 Å². The first-order valence-electron chi connectivity index (χ1n) is 6.43. The van der Waals surface area contributed by atoms with Crippen LogP contribution in [0.3, 0.4) is 0 Å². The molecule has 0 bridgehead atoms. The van der Waals surface area contributed by atoms with E-state index in [1.807, 2.05) is 13.8 Å². The Morgan fingerprint density at radius 3 is 2.50 bits per heavy atom. The molecule has 112 valence electrons. The molecule has 0 fully saturated rings. The number of aliphatic hydroxyl groups excluding tert-OH is 1. The van der Waals surface area contributed by atoms with Crippen molar-refractivity contribution in [2.24, 2.45) is 11.7 Å². The highest BCUT2D eigenvalue weighted by Crippen LogP contribution is 2.19. The van der Waals surface area contributed by atoms with Crippen LogP contribution in [0.4, 0.5) is 8.78 Å². The van der Waals surface area contributed by atoms with Crippen LogP contribution in [0.1, 0.15) is 25.5 Å². The van der Waals surface area contributed by atoms with Gasteiger partial charge in [-0.05, 0) is 12.0 Å². The topological polar surface area (TPSA) is 66.6 Å². The summed E-state index contributed by atoms with van der Waals surface area (Å²) in [6.45, 7) is 4.50. The third-order valence-electron chi connectivity index (χ3n) is 2.76. The minimum absolute atomic E-state index is 0.00428. The smallest absolute Gasteiger partial charge is 0.231 e. The molecule has 6 heteroatoms. The number of amides is 1. The van der Waals surface area contributed by atoms with Crippen LogP contribution in [0.15, 0.2) is 18.2 Å². The van der Waals surface area contributed by atoms with E-state index in [0.717, 1.165) is 12.1 Å². The molecular weight excluding hydrogens is 266 g/mol. The monoisotopic (exact) mass is 286 g/mol. The molecule has 4 nitrogen and oxygen atoms in total. The number of carbonyl (C=O) groups is 1. The van der Waals surface area contributed by atoms with E-state index < -0.39 is 23.6 Å². The lowest BCUT2D eigenvalue weighted by Crippen LogP contribution is -2.38. The predicted molar refractivity (Wildman–Crippen MR) is 71.8 cm³/mol. The van der Waals surface area contributed by atoms with E-state index in [2.05, 4.69) is 0 Å². The van der Waals surface area contributed by atoms with Crippen LogP contribution in [0.5, 0.6) is 0 Å². The van der Waals surface area contributed by atoms with Gasteiger partial charge < -0.3 is 10.8 Å². The molecule has 0 aliphatic heterocycles. The van der Waals surface area contributed by atoms with Gasteiger partial charge in [0, 0.05) is 24.7 Å². The first-order valence-corrected chi connectivity index (χ1v) is 6.43. The first-order chi connectivity index (χ1) is 9.29. The number of aliphatic hydroxyl groups is 1. The van der Waals surface area contributed by atoms with E-state index in [9.17, 15) is 18.7 Å². The Morgan fingerprint density at radius 2 is 2.00 bits per heavy atom. The molecule has 0 aliphatic rings. The summed E-state index contributed by atoms with van der Waals surface area (Å²) in [5, 5.41) is 10.0. The van der Waals surface area contributed by atoms with Crippen molar-refractivity contribution in [3.05, 3.63) is 35.4 Å². The van der Waals surface area contributed by atoms with Gasteiger partial charge in [-0.25, -0.2) is 8.78 Å². The van der Waals surface area contributed by atoms with Crippen LogP contribution in [0, 0.1) is 17.6 Å². The van der Waals surface area contributed by atoms with Gasteiger partial charge >= 0.3 is 0 Å². The number of rotatable bonds is 7. The lowest BCUT2D eigenvalue weighted by molar-refractivity contribution is -0.119. The van der Waals surface area contributed by atoms with Crippen LogP contribution >= 0.6 is 0 Å². The second-order valence-corrected chi connectivity index (χ2v) is 5.24. The van der Waals surface area contributed by atoms with Gasteiger partial charge in [0.1, 0.15) is 11.6 Å². The molecule has 0 aliphatic carbocycles. The summed E-state index contributed by atoms with van der Waals surface area (Å²) in [6.07, 6.45) is -1.14. The molecule has 0 heterocycles. The molecule has 3 N–H and O–H groups in total. The number of hydrogen-bond donors (Lipinski definition) is 2. The van der Waals surface area contributed by atoms with Crippen molar-refractivity contribution in [3.63, 3.8) is 0 Å². The Labute approximate surface area is 117 Å². The molecule has 0 radical (unpaired) electrons. The highest BCUT2D eigenvalue weighted by atomic mass is 19.1. The summed E-state index contributed by atoms with van der Waals surface area (Å²) in [5.41, 5.74) is 5.15. The van der Waals surface area contributed by atoms with Crippen LogP contribution < -0.4 is 5.73 Å². The van der Waals surface area contributed by atoms with Gasteiger partial charge in [0.15, 0.2) is 0 Å². The fourth-order valence-electron chi connectivity index (χ4n) is 2.06. The summed E-state index contributed by atoms with van der Waals surface area (Å²) >= 11 is 0. The number of nitrogens with zero attached hydrogens (tertiary/aromatic N) is 1. The summed E-state index contributed by atoms with van der Waals surface area (Å²) in [7, 11) is 0. The predicted octanol–water partition coefficient (Wildman–Crippen LogP) is 1.44. The number of benzene rings is 1. The average Bonchev–Trinajstić information content (AvgIpc) is 2.26. The number of hydrogen-bond acceptors (Lipinski definition) is 3. The third kappa shape index (κ3) is 5.22. The van der Waals surface area contributed by atoms with Crippen molar-refractivity contribution in [3.8, 4) is 0 Å². The van der Waals surface area contributed by atoms with Crippen molar-refractivity contribution >= 4 is 5.91 Å². The zero-order valence-electron chi connectivity index (χ0n) is 11.6. The van der Waals surface area contributed by atoms with Crippen LogP contribution in [0.25, 0.3) is 0 Å². The Morgan fingerprint density at radius 1 is 1.35 bits per heavy atom. The van der Waals surface area contributed by atoms with Crippen molar-refractivity contribution in [2.75, 3.05) is 19.6 Å². The van der Waals surface area contributed by atoms with Gasteiger partial charge in [0.2, 0.25) is 5.91 Å². The number of halogens is 2. The van der Waals surface area contributed by atoms with Crippen LogP contribution in [-0.4, -0.2) is 35.5 Å². The number of primary amides is 1. The fourth-order valence-corrected chi connectivity index (χ4v) is 2.06. The maximum Gasteiger partial charge on any atom is 0.231 e. The zero-order chi connectivity index (χ0) is 15.3. The molecule has 0 saturated carbocycles. The summed E-state index contributed by atoms with van der Waals surface area (Å²) < 4.78 is 26.4. The second-order valence-electron chi connectivity index (χ2n) is 5.24. The standard InChI is InChI=1S/C14H20F2N2O2/c1-9(2)6-18(8-14(17)20)7-13(19)11-4-3-10(15)5-12(11)16/h3-5,9,13,19H,6-8H2,1-2H3,(H2,17,20). The quantitative estimate of drug-likeness (QED) is 0.797. The summed E-state index contributed by atoms with van der Waals surface area (Å²) in [5.74, 6) is -1.76. The van der Waals surface area contributed by atoms with E-state index in [1.165, 1.54) is 6.07 Å². The van der Waals surface area contributed by atoms with Gasteiger partial charge in [-0.3, -0.25) is 9.69 Å². The van der Waals surface area contributed by atoms with Gasteiger partial charge in [-0.1, -0.05) is 19.9 Å². The minimum atomic E-state index is -1.14. The lowest BCUT2D eigenvalue weighted by Gasteiger charge is -2.25. The molecule has 1 rings (SSSR count). The Balaban J connectivity index is 2.78. The SMILES string of the molecule is CC(C)CN(CC(N)=O)CC(O)c1ccc(F)cc1F. The molecule has 20 heavy (non-hydrogen) atoms. The average molecular weight is 286 g/mol. The highest BCUT2D eigenvalue weighted by Gasteiger charge is 2.19. The molecule has 1 atom stereocenters. The Hall–Kier alpha value is -1.53. The van der Waals surface area contributed by atoms with Gasteiger partial charge in [-0.15, -0.1) is 0 Å². The van der Waals surface area contributed by atoms with Crippen molar-refractivity contribution < 1.29 is 18.7 Å². The molecule has 0 spiro atoms. The number of nitrogens with two attached hydrogens (primary N) is 1. The molecular formula is C14H20F2N2O2. The maximum absolute atomic E-state index is 13.6. The van der Waals surface area contributed by atoms with Crippen molar-refractivity contribution in [2.45, 2.75) is 20.0 Å². The number of carbonyl (C=O) groups excluding carboxylic acids is 1. The summed E-state index contributed by atoms with van der Waals surface area (Å²) in [6, 6.07) is 3.01. The molecule has 1 aromatic rings. The van der Waals surface area contributed by atoms with E-state index in [1.54, 1.807) is 4.90 Å². The van der Waals surface area contributed by atoms with Crippen LogP contribution in [0.2, 0.25) is 0 Å². The van der Waals surface area contributed by atoms with Gasteiger partial charge in [0.25, 0.3) is 0 Å². The molecule has 1 aromatic carbocycles. The molecule has 1 amide bonds. The van der Waals surface area contributed by atoms with E-state index in [-0.39, 0.29) is 24.6 Å². The minimum Gasteiger partial charge on any atom is -0.387 e. The maximum atomic E-state index is 13.6. The van der Waals surface area contributed by atoms with Crippen molar-refractivity contribution in [1.29, 1.82) is 0 Å². The molecule has 0 saturated heterocycles. The van der Waals surface area contributed by atoms with E-state index in [4.69, 9.17) is 5.73 Å². The molecule has 0 aromatic heterocycles. The molecule has 1 unspecified atom stereocenters. The Kier molecular flexibility index (Phi) is 6.04. The van der Waals surface area contributed by atoms with Gasteiger partial charge in [-0.2, -0.15) is 0 Å². The third-order valence-corrected chi connectivity index (χ3v) is 2.76. The Bertz CT molecular complexity index is 466. The van der Waals surface area contributed by atoms with E-state index >= 15 is 0 Å². The largest absolute Gasteiger partial charge is 0.387 e. The van der Waals surface area contributed by atoms with Crippen molar-refractivity contribution in [1.82, 2.24) is 4.90 Å². The normalized spacial score (nSPS) is 12.9. The highest BCUT2D eigenvalue weighted by molar-refractivity contribution is 5.75. The fraction of sp³-hybridized carbons (Fsp3) is 0.500. The zero-order valence-corrected chi connectivity index (χ0v) is 11.6. The summed E-state index contributed by atoms with van der Waals surface area (Å²) in [4.78, 5) is 12.6. The van der Waals surface area contributed by atoms with Crippen LogP contribution in [-0.2, 0) is 4.79 Å². The lowest BCUT2D eigenvalue weighted by atomic mass is 10.1. The second kappa shape index (κ2) is 7.31.